The Morgan fingerprint density at radius 3 is 3.00 bits per heavy atom. The van der Waals surface area contributed by atoms with Gasteiger partial charge in [-0.3, -0.25) is 4.98 Å². The van der Waals surface area contributed by atoms with Gasteiger partial charge in [-0.2, -0.15) is 0 Å². The number of ether oxygens (including phenoxy) is 1. The Labute approximate surface area is 119 Å². The zero-order valence-corrected chi connectivity index (χ0v) is 11.9. The Morgan fingerprint density at radius 2 is 2.25 bits per heavy atom. The highest BCUT2D eigenvalue weighted by Gasteiger charge is 2.20. The highest BCUT2D eigenvalue weighted by Crippen LogP contribution is 2.31. The number of nitrogens with zero attached hydrogens (tertiary/aromatic N) is 2. The molecule has 1 fully saturated rings. The Bertz CT molecular complexity index is 593. The van der Waals surface area contributed by atoms with Crippen LogP contribution in [0.1, 0.15) is 19.8 Å². The van der Waals surface area contributed by atoms with Crippen molar-refractivity contribution >= 4 is 22.1 Å². The van der Waals surface area contributed by atoms with Crippen LogP contribution < -0.4 is 10.6 Å². The largest absolute Gasteiger partial charge is 0.398 e. The van der Waals surface area contributed by atoms with Crippen LogP contribution in [0.3, 0.4) is 0 Å². The van der Waals surface area contributed by atoms with Crippen molar-refractivity contribution in [2.45, 2.75) is 25.9 Å². The molecular weight excluding hydrogens is 250 g/mol. The summed E-state index contributed by atoms with van der Waals surface area (Å²) in [7, 11) is 0. The third-order valence-electron chi connectivity index (χ3n) is 4.00. The summed E-state index contributed by atoms with van der Waals surface area (Å²) >= 11 is 0. The van der Waals surface area contributed by atoms with Crippen LogP contribution in [0.2, 0.25) is 0 Å². The summed E-state index contributed by atoms with van der Waals surface area (Å²) in [4.78, 5) is 6.61. The number of nitrogens with two attached hydrogens (primary N) is 1. The van der Waals surface area contributed by atoms with Crippen molar-refractivity contribution in [2.24, 2.45) is 0 Å². The van der Waals surface area contributed by atoms with Crippen LogP contribution in [0.4, 0.5) is 11.4 Å². The van der Waals surface area contributed by atoms with Gasteiger partial charge in [-0.25, -0.2) is 0 Å². The van der Waals surface area contributed by atoms with Crippen LogP contribution in [0.5, 0.6) is 0 Å². The number of fused-ring (bicyclic) bond motifs is 1. The molecule has 0 amide bonds. The first kappa shape index (κ1) is 13.2. The third-order valence-corrected chi connectivity index (χ3v) is 4.00. The fraction of sp³-hybridized carbons (Fsp3) is 0.438. The molecule has 0 radical (unpaired) electrons. The van der Waals surface area contributed by atoms with Crippen LogP contribution >= 0.6 is 0 Å². The number of likely N-dealkylation sites (N-methyl/N-ethyl adjacent to an activating group) is 1. The summed E-state index contributed by atoms with van der Waals surface area (Å²) in [5, 5.41) is 2.19. The van der Waals surface area contributed by atoms with Crippen LogP contribution in [0.15, 0.2) is 30.6 Å². The number of nitrogen functional groups attached to an aromatic ring is 1. The lowest BCUT2D eigenvalue weighted by atomic mass is 10.1. The van der Waals surface area contributed by atoms with E-state index in [9.17, 15) is 0 Å². The van der Waals surface area contributed by atoms with Crippen molar-refractivity contribution in [2.75, 3.05) is 30.3 Å². The summed E-state index contributed by atoms with van der Waals surface area (Å²) in [6, 6.07) is 6.06. The lowest BCUT2D eigenvalue weighted by Gasteiger charge is -2.27. The number of anilines is 2. The van der Waals surface area contributed by atoms with Gasteiger partial charge < -0.3 is 15.4 Å². The topological polar surface area (TPSA) is 51.4 Å². The minimum Gasteiger partial charge on any atom is -0.398 e. The highest BCUT2D eigenvalue weighted by molar-refractivity contribution is 6.00. The monoisotopic (exact) mass is 271 g/mol. The van der Waals surface area contributed by atoms with Crippen molar-refractivity contribution in [3.63, 3.8) is 0 Å². The lowest BCUT2D eigenvalue weighted by molar-refractivity contribution is 0.116. The molecular formula is C16H21N3O. The minimum absolute atomic E-state index is 0.347. The molecule has 20 heavy (non-hydrogen) atoms. The maximum absolute atomic E-state index is 6.06. The molecule has 0 saturated carbocycles. The van der Waals surface area contributed by atoms with E-state index in [0.717, 1.165) is 42.6 Å². The highest BCUT2D eigenvalue weighted by atomic mass is 16.5. The van der Waals surface area contributed by atoms with Gasteiger partial charge in [0.25, 0.3) is 0 Å². The third kappa shape index (κ3) is 2.43. The Hall–Kier alpha value is -1.81. The first-order valence-electron chi connectivity index (χ1n) is 7.28. The number of hydrogen-bond donors (Lipinski definition) is 1. The average molecular weight is 271 g/mol. The standard InChI is InChI=1S/C16H21N3O/c1-2-19(11-12-4-3-9-20-12)16-6-5-15(17)13-7-8-18-10-14(13)16/h5-8,10,12H,2-4,9,11,17H2,1H3. The van der Waals surface area contributed by atoms with E-state index in [4.69, 9.17) is 10.5 Å². The first-order chi connectivity index (χ1) is 9.79. The van der Waals surface area contributed by atoms with Crippen LogP contribution in [-0.2, 0) is 4.74 Å². The second-order valence-corrected chi connectivity index (χ2v) is 5.27. The van der Waals surface area contributed by atoms with E-state index in [1.807, 2.05) is 18.3 Å². The van der Waals surface area contributed by atoms with Gasteiger partial charge in [0.1, 0.15) is 0 Å². The molecule has 1 aromatic heterocycles. The van der Waals surface area contributed by atoms with Gasteiger partial charge in [0, 0.05) is 54.2 Å². The zero-order valence-electron chi connectivity index (χ0n) is 11.9. The van der Waals surface area contributed by atoms with Gasteiger partial charge in [0.15, 0.2) is 0 Å². The van der Waals surface area contributed by atoms with Gasteiger partial charge >= 0.3 is 0 Å². The maximum atomic E-state index is 6.06. The first-order valence-corrected chi connectivity index (χ1v) is 7.28. The molecule has 2 heterocycles. The average Bonchev–Trinajstić information content (AvgIpc) is 2.99. The number of pyridine rings is 1. The number of benzene rings is 1. The van der Waals surface area contributed by atoms with E-state index in [2.05, 4.69) is 22.9 Å². The van der Waals surface area contributed by atoms with Gasteiger partial charge in [-0.15, -0.1) is 0 Å². The molecule has 1 aromatic carbocycles. The molecule has 4 nitrogen and oxygen atoms in total. The second kappa shape index (κ2) is 5.67. The van der Waals surface area contributed by atoms with Crippen molar-refractivity contribution in [3.05, 3.63) is 30.6 Å². The predicted octanol–water partition coefficient (Wildman–Crippen LogP) is 2.82. The van der Waals surface area contributed by atoms with E-state index in [0.29, 0.717) is 6.10 Å². The molecule has 106 valence electrons. The fourth-order valence-corrected chi connectivity index (χ4v) is 2.91. The molecule has 1 unspecified atom stereocenters. The minimum atomic E-state index is 0.347. The normalized spacial score (nSPS) is 18.6. The molecule has 0 spiro atoms. The molecule has 1 aliphatic rings. The molecule has 1 saturated heterocycles. The van der Waals surface area contributed by atoms with Crippen molar-refractivity contribution < 1.29 is 4.74 Å². The Morgan fingerprint density at radius 1 is 1.35 bits per heavy atom. The van der Waals surface area contributed by atoms with Crippen molar-refractivity contribution in [1.82, 2.24) is 4.98 Å². The fourth-order valence-electron chi connectivity index (χ4n) is 2.91. The number of hydrogen-bond acceptors (Lipinski definition) is 4. The number of aromatic nitrogens is 1. The van der Waals surface area contributed by atoms with Gasteiger partial charge in [-0.05, 0) is 38.0 Å². The summed E-state index contributed by atoms with van der Waals surface area (Å²) in [5.74, 6) is 0. The Balaban J connectivity index is 1.96. The summed E-state index contributed by atoms with van der Waals surface area (Å²) < 4.78 is 5.76. The molecule has 2 N–H and O–H groups in total. The number of rotatable bonds is 4. The van der Waals surface area contributed by atoms with Crippen LogP contribution in [0, 0.1) is 0 Å². The zero-order chi connectivity index (χ0) is 13.9. The van der Waals surface area contributed by atoms with E-state index in [1.165, 1.54) is 12.1 Å². The van der Waals surface area contributed by atoms with Gasteiger partial charge in [-0.1, -0.05) is 0 Å². The predicted molar refractivity (Wildman–Crippen MR) is 83.0 cm³/mol. The summed E-state index contributed by atoms with van der Waals surface area (Å²) in [6.07, 6.45) is 6.37. The lowest BCUT2D eigenvalue weighted by Crippen LogP contribution is -2.32. The molecule has 2 aromatic rings. The molecule has 1 atom stereocenters. The van der Waals surface area contributed by atoms with Gasteiger partial charge in [0.05, 0.1) is 6.10 Å². The summed E-state index contributed by atoms with van der Waals surface area (Å²) in [5.41, 5.74) is 8.06. The smallest absolute Gasteiger partial charge is 0.0750 e. The van der Waals surface area contributed by atoms with E-state index in [-0.39, 0.29) is 0 Å². The molecule has 1 aliphatic heterocycles. The van der Waals surface area contributed by atoms with E-state index in [1.54, 1.807) is 6.20 Å². The molecule has 3 rings (SSSR count). The second-order valence-electron chi connectivity index (χ2n) is 5.27. The summed E-state index contributed by atoms with van der Waals surface area (Å²) in [6.45, 7) is 4.96. The molecule has 0 aliphatic carbocycles. The van der Waals surface area contributed by atoms with Crippen molar-refractivity contribution in [1.29, 1.82) is 0 Å². The van der Waals surface area contributed by atoms with Crippen LogP contribution in [0.25, 0.3) is 10.8 Å². The molecule has 0 bridgehead atoms. The molecule has 4 heteroatoms. The van der Waals surface area contributed by atoms with E-state index >= 15 is 0 Å². The van der Waals surface area contributed by atoms with E-state index < -0.39 is 0 Å². The Kier molecular flexibility index (Phi) is 3.74. The van der Waals surface area contributed by atoms with Crippen molar-refractivity contribution in [3.8, 4) is 0 Å². The maximum Gasteiger partial charge on any atom is 0.0750 e. The SMILES string of the molecule is CCN(CC1CCCO1)c1ccc(N)c2ccncc12. The van der Waals surface area contributed by atoms with Crippen LogP contribution in [-0.4, -0.2) is 30.8 Å². The van der Waals surface area contributed by atoms with Gasteiger partial charge in [0.2, 0.25) is 0 Å². The quantitative estimate of drug-likeness (QED) is 0.869.